The van der Waals surface area contributed by atoms with Crippen LogP contribution in [0, 0.1) is 5.92 Å². The van der Waals surface area contributed by atoms with Gasteiger partial charge in [0.25, 0.3) is 0 Å². The summed E-state index contributed by atoms with van der Waals surface area (Å²) in [5, 5.41) is 11.4. The lowest BCUT2D eigenvalue weighted by atomic mass is 10.0. The quantitative estimate of drug-likeness (QED) is 0.705. The van der Waals surface area contributed by atoms with Gasteiger partial charge in [-0.25, -0.2) is 9.65 Å². The molecule has 0 aliphatic rings. The number of nitrogens with one attached hydrogen (secondary N) is 1. The highest BCUT2D eigenvalue weighted by Gasteiger charge is 2.31. The molecule has 0 aliphatic heterocycles. The van der Waals surface area contributed by atoms with Crippen molar-refractivity contribution in [1.29, 1.82) is 0 Å². The van der Waals surface area contributed by atoms with Crippen molar-refractivity contribution in [3.8, 4) is 5.75 Å². The van der Waals surface area contributed by atoms with Crippen LogP contribution in [0.4, 0.5) is 0 Å². The fraction of sp³-hybridized carbons (Fsp3) is 0.417. The van der Waals surface area contributed by atoms with Crippen molar-refractivity contribution in [2.24, 2.45) is 5.92 Å². The Morgan fingerprint density at radius 1 is 1.45 bits per heavy atom. The van der Waals surface area contributed by atoms with Gasteiger partial charge in [-0.15, -0.1) is 0 Å². The number of aliphatic hydroxyl groups is 1. The topological polar surface area (TPSA) is 75.6 Å². The van der Waals surface area contributed by atoms with Gasteiger partial charge in [-0.05, 0) is 30.2 Å². The van der Waals surface area contributed by atoms with Crippen molar-refractivity contribution in [2.45, 2.75) is 19.9 Å². The Balaban J connectivity index is 2.79. The maximum absolute atomic E-state index is 12.2. The molecule has 0 saturated heterocycles. The molecule has 1 aromatic rings. The standard InChI is InChI=1S/C12H16BrClNO4P/c1-8(2)12(11(17)7-16)15-20(14,18)19-10-5-3-9(13)4-6-10/h3-6,8,12,16H,7H2,1-2H3,(H,15,18)/t12-,20?/m0/s1. The van der Waals surface area contributed by atoms with Gasteiger partial charge in [0.2, 0.25) is 0 Å². The highest BCUT2D eigenvalue weighted by molar-refractivity contribution is 9.10. The zero-order chi connectivity index (χ0) is 15.3. The molecule has 2 atom stereocenters. The van der Waals surface area contributed by atoms with E-state index in [0.29, 0.717) is 5.75 Å². The van der Waals surface area contributed by atoms with E-state index in [9.17, 15) is 9.36 Å². The summed E-state index contributed by atoms with van der Waals surface area (Å²) in [6.07, 6.45) is 0. The van der Waals surface area contributed by atoms with Crippen LogP contribution in [0.25, 0.3) is 0 Å². The lowest BCUT2D eigenvalue weighted by molar-refractivity contribution is -0.124. The predicted octanol–water partition coefficient (Wildman–Crippen LogP) is 3.35. The Morgan fingerprint density at radius 2 is 2.00 bits per heavy atom. The normalized spacial score (nSPS) is 15.7. The Kier molecular flexibility index (Phi) is 6.69. The summed E-state index contributed by atoms with van der Waals surface area (Å²) in [6.45, 7) is -0.876. The monoisotopic (exact) mass is 383 g/mol. The van der Waals surface area contributed by atoms with Crippen LogP contribution >= 0.6 is 34.0 Å². The molecule has 0 heterocycles. The zero-order valence-corrected chi connectivity index (χ0v) is 14.3. The minimum Gasteiger partial charge on any atom is -0.422 e. The van der Waals surface area contributed by atoms with Gasteiger partial charge >= 0.3 is 6.87 Å². The Morgan fingerprint density at radius 3 is 2.45 bits per heavy atom. The molecule has 1 aromatic carbocycles. The van der Waals surface area contributed by atoms with Gasteiger partial charge < -0.3 is 9.63 Å². The zero-order valence-electron chi connectivity index (χ0n) is 11.0. The highest BCUT2D eigenvalue weighted by atomic mass is 79.9. The van der Waals surface area contributed by atoms with Crippen LogP contribution in [-0.4, -0.2) is 23.5 Å². The molecule has 2 N–H and O–H groups in total. The fourth-order valence-corrected chi connectivity index (χ4v) is 3.55. The number of hydrogen-bond acceptors (Lipinski definition) is 4. The van der Waals surface area contributed by atoms with Crippen molar-refractivity contribution in [1.82, 2.24) is 5.09 Å². The van der Waals surface area contributed by atoms with E-state index in [1.165, 1.54) is 0 Å². The van der Waals surface area contributed by atoms with Gasteiger partial charge in [-0.2, -0.15) is 0 Å². The molecule has 20 heavy (non-hydrogen) atoms. The third kappa shape index (κ3) is 5.54. The number of carbonyl (C=O) groups excluding carboxylic acids is 1. The van der Waals surface area contributed by atoms with Gasteiger partial charge in [0.1, 0.15) is 12.4 Å². The van der Waals surface area contributed by atoms with E-state index in [1.807, 2.05) is 0 Å². The SMILES string of the molecule is CC(C)[C@H](NP(=O)(Cl)Oc1ccc(Br)cc1)C(=O)CO. The first-order valence-corrected chi connectivity index (χ1v) is 9.23. The van der Waals surface area contributed by atoms with Gasteiger partial charge in [0.15, 0.2) is 5.78 Å². The van der Waals surface area contributed by atoms with Crippen LogP contribution in [0.5, 0.6) is 5.75 Å². The minimum absolute atomic E-state index is 0.185. The second-order valence-corrected chi connectivity index (χ2v) is 8.15. The summed E-state index contributed by atoms with van der Waals surface area (Å²) in [4.78, 5) is 11.6. The average Bonchev–Trinajstić information content (AvgIpc) is 2.37. The maximum atomic E-state index is 12.2. The Bertz CT molecular complexity index is 509. The second-order valence-electron chi connectivity index (χ2n) is 4.50. The summed E-state index contributed by atoms with van der Waals surface area (Å²) in [7, 11) is 0. The highest BCUT2D eigenvalue weighted by Crippen LogP contribution is 2.49. The summed E-state index contributed by atoms with van der Waals surface area (Å²) >= 11 is 9.09. The predicted molar refractivity (Wildman–Crippen MR) is 82.1 cm³/mol. The van der Waals surface area contributed by atoms with Gasteiger partial charge in [0, 0.05) is 15.7 Å². The Hall–Kier alpha value is -0.390. The number of halogens is 2. The van der Waals surface area contributed by atoms with Crippen LogP contribution in [0.1, 0.15) is 13.8 Å². The molecule has 0 radical (unpaired) electrons. The lowest BCUT2D eigenvalue weighted by Gasteiger charge is -2.23. The smallest absolute Gasteiger partial charge is 0.409 e. The number of Topliss-reactive ketones (excluding diaryl/α,β-unsaturated/α-hetero) is 1. The van der Waals surface area contributed by atoms with E-state index in [4.69, 9.17) is 20.9 Å². The van der Waals surface area contributed by atoms with Crippen LogP contribution < -0.4 is 9.61 Å². The van der Waals surface area contributed by atoms with Crippen molar-refractivity contribution in [2.75, 3.05) is 6.61 Å². The largest absolute Gasteiger partial charge is 0.422 e. The van der Waals surface area contributed by atoms with Crippen molar-refractivity contribution >= 4 is 39.8 Å². The summed E-state index contributed by atoms with van der Waals surface area (Å²) in [6, 6.07) is 5.78. The first-order valence-electron chi connectivity index (χ1n) is 5.91. The van der Waals surface area contributed by atoms with Crippen LogP contribution in [0.2, 0.25) is 0 Å². The number of aliphatic hydroxyl groups excluding tert-OH is 1. The molecule has 8 heteroatoms. The van der Waals surface area contributed by atoms with E-state index in [0.717, 1.165) is 4.47 Å². The number of rotatable bonds is 7. The molecule has 0 fully saturated rings. The van der Waals surface area contributed by atoms with Crippen molar-refractivity contribution in [3.63, 3.8) is 0 Å². The van der Waals surface area contributed by atoms with E-state index in [-0.39, 0.29) is 5.92 Å². The first kappa shape index (κ1) is 17.7. The molecule has 0 spiro atoms. The number of carbonyl (C=O) groups is 1. The third-order valence-corrected chi connectivity index (χ3v) is 4.56. The average molecular weight is 385 g/mol. The molecule has 0 bridgehead atoms. The second kappa shape index (κ2) is 7.57. The number of benzene rings is 1. The molecule has 0 amide bonds. The summed E-state index contributed by atoms with van der Waals surface area (Å²) in [5.74, 6) is -0.353. The van der Waals surface area contributed by atoms with E-state index < -0.39 is 25.3 Å². The van der Waals surface area contributed by atoms with Gasteiger partial charge in [-0.1, -0.05) is 29.8 Å². The molecular formula is C12H16BrClNO4P. The lowest BCUT2D eigenvalue weighted by Crippen LogP contribution is -2.40. The third-order valence-electron chi connectivity index (χ3n) is 2.50. The summed E-state index contributed by atoms with van der Waals surface area (Å²) < 4.78 is 18.2. The van der Waals surface area contributed by atoms with Crippen LogP contribution in [-0.2, 0) is 9.36 Å². The molecule has 0 aromatic heterocycles. The van der Waals surface area contributed by atoms with Crippen molar-refractivity contribution in [3.05, 3.63) is 28.7 Å². The maximum Gasteiger partial charge on any atom is 0.409 e. The van der Waals surface area contributed by atoms with E-state index >= 15 is 0 Å². The van der Waals surface area contributed by atoms with Crippen LogP contribution in [0.3, 0.4) is 0 Å². The van der Waals surface area contributed by atoms with E-state index in [2.05, 4.69) is 21.0 Å². The van der Waals surface area contributed by atoms with Crippen molar-refractivity contribution < 1.29 is 19.0 Å². The fourth-order valence-electron chi connectivity index (χ4n) is 1.51. The summed E-state index contributed by atoms with van der Waals surface area (Å²) in [5.41, 5.74) is 0. The number of ketones is 1. The number of hydrogen-bond donors (Lipinski definition) is 2. The molecule has 1 unspecified atom stereocenters. The molecule has 1 rings (SSSR count). The molecule has 5 nitrogen and oxygen atoms in total. The molecule has 112 valence electrons. The van der Waals surface area contributed by atoms with Crippen LogP contribution in [0.15, 0.2) is 28.7 Å². The molecular weight excluding hydrogens is 368 g/mol. The van der Waals surface area contributed by atoms with Gasteiger partial charge in [0.05, 0.1) is 6.04 Å². The minimum atomic E-state index is -3.73. The van der Waals surface area contributed by atoms with E-state index in [1.54, 1.807) is 38.1 Å². The van der Waals surface area contributed by atoms with Gasteiger partial charge in [-0.3, -0.25) is 4.79 Å². The molecule has 0 saturated carbocycles. The molecule has 0 aliphatic carbocycles. The first-order chi connectivity index (χ1) is 9.25. The Labute approximate surface area is 131 Å².